The minimum atomic E-state index is 0.248. The summed E-state index contributed by atoms with van der Waals surface area (Å²) in [5.74, 6) is 2.16. The summed E-state index contributed by atoms with van der Waals surface area (Å²) in [4.78, 5) is 23.1. The van der Waals surface area contributed by atoms with E-state index in [1.165, 1.54) is 0 Å². The first-order chi connectivity index (χ1) is 17.3. The van der Waals surface area contributed by atoms with Crippen LogP contribution in [0.15, 0.2) is 49.2 Å². The first-order valence-electron chi connectivity index (χ1n) is 12.4. The summed E-state index contributed by atoms with van der Waals surface area (Å²) in [5.41, 5.74) is 10.3. The summed E-state index contributed by atoms with van der Waals surface area (Å²) in [7, 11) is 2.01. The second-order valence-electron chi connectivity index (χ2n) is 9.92. The van der Waals surface area contributed by atoms with Crippen molar-refractivity contribution in [2.45, 2.75) is 39.8 Å². The number of hydrogen-bond acceptors (Lipinski definition) is 9. The van der Waals surface area contributed by atoms with E-state index in [0.29, 0.717) is 29.5 Å². The highest BCUT2D eigenvalue weighted by molar-refractivity contribution is 5.69. The number of pyridine rings is 1. The molecule has 0 aliphatic carbocycles. The highest BCUT2D eigenvalue weighted by Gasteiger charge is 2.24. The molecule has 3 heterocycles. The van der Waals surface area contributed by atoms with Crippen LogP contribution in [0.3, 0.4) is 0 Å². The lowest BCUT2D eigenvalue weighted by Crippen LogP contribution is -2.28. The van der Waals surface area contributed by atoms with Crippen LogP contribution in [0.2, 0.25) is 0 Å². The van der Waals surface area contributed by atoms with E-state index in [4.69, 9.17) is 20.7 Å². The standard InChI is InChI=1S/C27H37N9/c1-18(2)15-35(5)27-33-25(30-23-11-13-36(17-23)16-22-8-6-7-12-29-22)32-26(34-27)31-24-14-21(20(4)28)10-9-19(24)3/h6-10,12,14,18,23H,4,11,13,15-17,28H2,1-3,5H3,(H2,30,31,32,33,34)/t23-/m0/s1. The van der Waals surface area contributed by atoms with Gasteiger partial charge >= 0.3 is 0 Å². The quantitative estimate of drug-likeness (QED) is 0.391. The smallest absolute Gasteiger partial charge is 0.233 e. The number of benzene rings is 1. The maximum atomic E-state index is 5.92. The van der Waals surface area contributed by atoms with Crippen molar-refractivity contribution in [3.05, 3.63) is 66.0 Å². The van der Waals surface area contributed by atoms with Gasteiger partial charge in [0.05, 0.1) is 5.69 Å². The summed E-state index contributed by atoms with van der Waals surface area (Å²) < 4.78 is 0. The number of likely N-dealkylation sites (tertiary alicyclic amines) is 1. The summed E-state index contributed by atoms with van der Waals surface area (Å²) in [6.07, 6.45) is 2.86. The topological polar surface area (TPSA) is 108 Å². The molecule has 4 N–H and O–H groups in total. The van der Waals surface area contributed by atoms with Crippen LogP contribution >= 0.6 is 0 Å². The summed E-state index contributed by atoms with van der Waals surface area (Å²) >= 11 is 0. The summed E-state index contributed by atoms with van der Waals surface area (Å²) in [5, 5.41) is 6.93. The van der Waals surface area contributed by atoms with Crippen LogP contribution in [-0.2, 0) is 6.54 Å². The zero-order valence-corrected chi connectivity index (χ0v) is 21.7. The number of hydrogen-bond donors (Lipinski definition) is 3. The Morgan fingerprint density at radius 3 is 2.72 bits per heavy atom. The van der Waals surface area contributed by atoms with E-state index in [-0.39, 0.29) is 6.04 Å². The summed E-state index contributed by atoms with van der Waals surface area (Å²) in [6, 6.07) is 12.2. The van der Waals surface area contributed by atoms with Gasteiger partial charge in [0, 0.05) is 56.8 Å². The fourth-order valence-electron chi connectivity index (χ4n) is 4.36. The fraction of sp³-hybridized carbons (Fsp3) is 0.407. The van der Waals surface area contributed by atoms with Crippen molar-refractivity contribution in [3.8, 4) is 0 Å². The average molecular weight is 488 g/mol. The molecule has 1 fully saturated rings. The monoisotopic (exact) mass is 487 g/mol. The molecule has 0 spiro atoms. The maximum absolute atomic E-state index is 5.92. The number of nitrogens with two attached hydrogens (primary N) is 1. The van der Waals surface area contributed by atoms with Gasteiger partial charge in [0.2, 0.25) is 17.8 Å². The lowest BCUT2D eigenvalue weighted by molar-refractivity contribution is 0.324. The predicted molar refractivity (Wildman–Crippen MR) is 147 cm³/mol. The average Bonchev–Trinajstić information content (AvgIpc) is 3.27. The molecule has 1 saturated heterocycles. The third kappa shape index (κ3) is 6.69. The van der Waals surface area contributed by atoms with E-state index in [9.17, 15) is 0 Å². The van der Waals surface area contributed by atoms with Crippen LogP contribution in [-0.4, -0.2) is 57.6 Å². The number of rotatable bonds is 10. The number of nitrogens with zero attached hydrogens (tertiary/aromatic N) is 6. The van der Waals surface area contributed by atoms with Crippen molar-refractivity contribution in [3.63, 3.8) is 0 Å². The van der Waals surface area contributed by atoms with E-state index in [1.54, 1.807) is 0 Å². The molecule has 1 aromatic carbocycles. The molecule has 9 heteroatoms. The van der Waals surface area contributed by atoms with Crippen LogP contribution in [0.4, 0.5) is 23.5 Å². The van der Waals surface area contributed by atoms with E-state index in [0.717, 1.165) is 55.1 Å². The van der Waals surface area contributed by atoms with Crippen LogP contribution in [0.25, 0.3) is 5.70 Å². The molecule has 0 unspecified atom stereocenters. The van der Waals surface area contributed by atoms with Crippen LogP contribution in [0, 0.1) is 12.8 Å². The van der Waals surface area contributed by atoms with Gasteiger partial charge in [-0.2, -0.15) is 15.0 Å². The molecular formula is C27H37N9. The SMILES string of the molecule is C=C(N)c1ccc(C)c(Nc2nc(N[C@H]3CCN(Cc4ccccn4)C3)nc(N(C)CC(C)C)n2)c1. The zero-order valence-electron chi connectivity index (χ0n) is 21.7. The van der Waals surface area contributed by atoms with Crippen LogP contribution in [0.1, 0.15) is 37.1 Å². The molecule has 1 aliphatic heterocycles. The Kier molecular flexibility index (Phi) is 8.00. The lowest BCUT2D eigenvalue weighted by atomic mass is 10.1. The molecule has 0 saturated carbocycles. The Morgan fingerprint density at radius 1 is 1.19 bits per heavy atom. The molecular weight excluding hydrogens is 450 g/mol. The third-order valence-corrected chi connectivity index (χ3v) is 6.18. The second kappa shape index (κ2) is 11.3. The maximum Gasteiger partial charge on any atom is 0.233 e. The van der Waals surface area contributed by atoms with Crippen molar-refractivity contribution in [1.29, 1.82) is 0 Å². The Morgan fingerprint density at radius 2 is 2.00 bits per heavy atom. The predicted octanol–water partition coefficient (Wildman–Crippen LogP) is 4.03. The summed E-state index contributed by atoms with van der Waals surface area (Å²) in [6.45, 7) is 13.8. The van der Waals surface area contributed by atoms with Crippen LogP contribution < -0.4 is 21.3 Å². The van der Waals surface area contributed by atoms with Crippen molar-refractivity contribution >= 4 is 29.2 Å². The van der Waals surface area contributed by atoms with Crippen molar-refractivity contribution in [1.82, 2.24) is 24.8 Å². The Labute approximate surface area is 213 Å². The van der Waals surface area contributed by atoms with Crippen LogP contribution in [0.5, 0.6) is 0 Å². The molecule has 4 rings (SSSR count). The molecule has 0 bridgehead atoms. The number of aromatic nitrogens is 4. The largest absolute Gasteiger partial charge is 0.399 e. The Hall–Kier alpha value is -3.72. The van der Waals surface area contributed by atoms with E-state index < -0.39 is 0 Å². The molecule has 0 amide bonds. The molecule has 2 aromatic heterocycles. The fourth-order valence-corrected chi connectivity index (χ4v) is 4.36. The Balaban J connectivity index is 1.53. The van der Waals surface area contributed by atoms with Gasteiger partial charge in [0.15, 0.2) is 0 Å². The van der Waals surface area contributed by atoms with Crippen molar-refractivity contribution in [2.75, 3.05) is 42.2 Å². The van der Waals surface area contributed by atoms with Gasteiger partial charge in [0.1, 0.15) is 0 Å². The van der Waals surface area contributed by atoms with Gasteiger partial charge in [-0.1, -0.05) is 38.6 Å². The minimum Gasteiger partial charge on any atom is -0.399 e. The highest BCUT2D eigenvalue weighted by atomic mass is 15.3. The molecule has 0 radical (unpaired) electrons. The first-order valence-corrected chi connectivity index (χ1v) is 12.4. The van der Waals surface area contributed by atoms with Crippen molar-refractivity contribution in [2.24, 2.45) is 11.7 Å². The molecule has 1 aliphatic rings. The van der Waals surface area contributed by atoms with Gasteiger partial charge in [-0.3, -0.25) is 9.88 Å². The third-order valence-electron chi connectivity index (χ3n) is 6.18. The minimum absolute atomic E-state index is 0.248. The van der Waals surface area contributed by atoms with E-state index in [2.05, 4.69) is 51.9 Å². The van der Waals surface area contributed by atoms with E-state index >= 15 is 0 Å². The first kappa shape index (κ1) is 25.4. The van der Waals surface area contributed by atoms with Gasteiger partial charge in [-0.25, -0.2) is 0 Å². The second-order valence-corrected chi connectivity index (χ2v) is 9.92. The molecule has 3 aromatic rings. The molecule has 36 heavy (non-hydrogen) atoms. The van der Waals surface area contributed by atoms with Gasteiger partial charge in [0.25, 0.3) is 0 Å². The molecule has 9 nitrogen and oxygen atoms in total. The number of nitrogens with one attached hydrogen (secondary N) is 2. The van der Waals surface area contributed by atoms with Gasteiger partial charge in [-0.15, -0.1) is 0 Å². The highest BCUT2D eigenvalue weighted by Crippen LogP contribution is 2.24. The van der Waals surface area contributed by atoms with Crippen molar-refractivity contribution < 1.29 is 0 Å². The number of anilines is 4. The lowest BCUT2D eigenvalue weighted by Gasteiger charge is -2.22. The van der Waals surface area contributed by atoms with Gasteiger partial charge in [-0.05, 0) is 48.6 Å². The van der Waals surface area contributed by atoms with E-state index in [1.807, 2.05) is 50.5 Å². The van der Waals surface area contributed by atoms with Gasteiger partial charge < -0.3 is 21.3 Å². The molecule has 190 valence electrons. The Bertz CT molecular complexity index is 1180. The zero-order chi connectivity index (χ0) is 25.7. The molecule has 1 atom stereocenters. The normalized spacial score (nSPS) is 15.8. The number of aryl methyl sites for hydroxylation is 1.